The van der Waals surface area contributed by atoms with Crippen LogP contribution in [0.25, 0.3) is 10.8 Å². The number of benzene rings is 2. The fraction of sp³-hybridized carbons (Fsp3) is 0.368. The Bertz CT molecular complexity index is 744. The predicted molar refractivity (Wildman–Crippen MR) is 94.9 cm³/mol. The van der Waals surface area contributed by atoms with Crippen molar-refractivity contribution in [1.29, 1.82) is 0 Å². The van der Waals surface area contributed by atoms with E-state index >= 15 is 0 Å². The van der Waals surface area contributed by atoms with Gasteiger partial charge < -0.3 is 15.7 Å². The first-order valence-electron chi connectivity index (χ1n) is 7.97. The molecule has 2 unspecified atom stereocenters. The molecule has 2 aromatic rings. The van der Waals surface area contributed by atoms with E-state index in [0.717, 1.165) is 16.3 Å². The van der Waals surface area contributed by atoms with Crippen LogP contribution in [0.4, 0.5) is 4.79 Å². The quantitative estimate of drug-likeness (QED) is 0.801. The molecule has 0 aliphatic carbocycles. The molecule has 0 aliphatic heterocycles. The van der Waals surface area contributed by atoms with Gasteiger partial charge in [-0.15, -0.1) is 0 Å². The molecule has 5 heteroatoms. The van der Waals surface area contributed by atoms with Crippen molar-refractivity contribution < 1.29 is 14.7 Å². The molecule has 0 saturated carbocycles. The van der Waals surface area contributed by atoms with E-state index < -0.39 is 23.5 Å². The highest BCUT2D eigenvalue weighted by Gasteiger charge is 2.32. The Morgan fingerprint density at radius 1 is 1.00 bits per heavy atom. The van der Waals surface area contributed by atoms with Crippen LogP contribution in [0.3, 0.4) is 0 Å². The minimum atomic E-state index is -1.05. The van der Waals surface area contributed by atoms with Crippen molar-refractivity contribution in [3.8, 4) is 0 Å². The summed E-state index contributed by atoms with van der Waals surface area (Å²) in [6, 6.07) is 12.2. The Hall–Kier alpha value is -2.56. The largest absolute Gasteiger partial charge is 0.480 e. The molecule has 0 fully saturated rings. The van der Waals surface area contributed by atoms with E-state index in [1.165, 1.54) is 0 Å². The number of rotatable bonds is 4. The van der Waals surface area contributed by atoms with E-state index in [4.69, 9.17) is 0 Å². The molecule has 0 bridgehead atoms. The van der Waals surface area contributed by atoms with Gasteiger partial charge in [-0.3, -0.25) is 0 Å². The third kappa shape index (κ3) is 4.04. The molecular formula is C19H24N2O3. The van der Waals surface area contributed by atoms with Gasteiger partial charge in [0.2, 0.25) is 0 Å². The molecule has 0 radical (unpaired) electrons. The Morgan fingerprint density at radius 2 is 1.62 bits per heavy atom. The highest BCUT2D eigenvalue weighted by atomic mass is 16.4. The molecule has 3 N–H and O–H groups in total. The minimum Gasteiger partial charge on any atom is -0.480 e. The molecule has 24 heavy (non-hydrogen) atoms. The standard InChI is InChI=1S/C19H24N2O3/c1-12(14-11-7-9-13-8-5-6-10-15(13)14)20-18(24)21-16(17(22)23)19(2,3)4/h5-12,16H,1-4H3,(H,22,23)(H2,20,21,24). The number of carbonyl (C=O) groups excluding carboxylic acids is 1. The fourth-order valence-corrected chi connectivity index (χ4v) is 2.72. The molecule has 0 aliphatic rings. The second kappa shape index (κ2) is 6.91. The minimum absolute atomic E-state index is 0.245. The molecule has 0 heterocycles. The lowest BCUT2D eigenvalue weighted by Crippen LogP contribution is -2.52. The molecule has 0 aromatic heterocycles. The molecule has 128 valence electrons. The number of carbonyl (C=O) groups is 2. The molecule has 0 spiro atoms. The van der Waals surface area contributed by atoms with Gasteiger partial charge in [0.15, 0.2) is 0 Å². The predicted octanol–water partition coefficient (Wildman–Crippen LogP) is 3.70. The number of carboxylic acids is 1. The van der Waals surface area contributed by atoms with Crippen molar-refractivity contribution in [2.24, 2.45) is 5.41 Å². The zero-order valence-electron chi connectivity index (χ0n) is 14.5. The van der Waals surface area contributed by atoms with E-state index in [1.54, 1.807) is 20.8 Å². The maximum Gasteiger partial charge on any atom is 0.326 e. The lowest BCUT2D eigenvalue weighted by atomic mass is 9.87. The highest BCUT2D eigenvalue weighted by molar-refractivity contribution is 5.87. The summed E-state index contributed by atoms with van der Waals surface area (Å²) in [6.45, 7) is 7.22. The molecule has 2 rings (SSSR count). The summed E-state index contributed by atoms with van der Waals surface area (Å²) in [7, 11) is 0. The van der Waals surface area contributed by atoms with E-state index in [-0.39, 0.29) is 6.04 Å². The van der Waals surface area contributed by atoms with Crippen molar-refractivity contribution in [1.82, 2.24) is 10.6 Å². The summed E-state index contributed by atoms with van der Waals surface area (Å²) >= 11 is 0. The number of nitrogens with one attached hydrogen (secondary N) is 2. The maximum absolute atomic E-state index is 12.2. The zero-order valence-corrected chi connectivity index (χ0v) is 14.5. The first-order valence-corrected chi connectivity index (χ1v) is 7.97. The van der Waals surface area contributed by atoms with E-state index in [9.17, 15) is 14.7 Å². The van der Waals surface area contributed by atoms with Crippen molar-refractivity contribution in [3.05, 3.63) is 48.0 Å². The Balaban J connectivity index is 2.15. The molecule has 2 atom stereocenters. The third-order valence-corrected chi connectivity index (χ3v) is 4.03. The summed E-state index contributed by atoms with van der Waals surface area (Å²) < 4.78 is 0. The van der Waals surface area contributed by atoms with E-state index in [0.29, 0.717) is 0 Å². The van der Waals surface area contributed by atoms with E-state index in [2.05, 4.69) is 10.6 Å². The van der Waals surface area contributed by atoms with Crippen LogP contribution in [0, 0.1) is 5.41 Å². The number of urea groups is 1. The molecule has 2 aromatic carbocycles. The van der Waals surface area contributed by atoms with Crippen LogP contribution in [0.2, 0.25) is 0 Å². The monoisotopic (exact) mass is 328 g/mol. The first kappa shape index (κ1) is 17.8. The summed E-state index contributed by atoms with van der Waals surface area (Å²) in [5.74, 6) is -1.05. The van der Waals surface area contributed by atoms with Crippen LogP contribution in [0.5, 0.6) is 0 Å². The SMILES string of the molecule is CC(NC(=O)NC(C(=O)O)C(C)(C)C)c1cccc2ccccc12. The number of amides is 2. The van der Waals surface area contributed by atoms with Gasteiger partial charge in [0, 0.05) is 0 Å². The van der Waals surface area contributed by atoms with Gasteiger partial charge in [-0.25, -0.2) is 9.59 Å². The Labute approximate surface area is 142 Å². The van der Waals surface area contributed by atoms with Crippen LogP contribution in [0.1, 0.15) is 39.3 Å². The van der Waals surface area contributed by atoms with Crippen molar-refractivity contribution in [2.45, 2.75) is 39.8 Å². The topological polar surface area (TPSA) is 78.4 Å². The normalized spacial score (nSPS) is 14.0. The second-order valence-electron chi connectivity index (χ2n) is 7.05. The number of fused-ring (bicyclic) bond motifs is 1. The summed E-state index contributed by atoms with van der Waals surface area (Å²) in [5, 5.41) is 16.9. The number of hydrogen-bond donors (Lipinski definition) is 3. The zero-order chi connectivity index (χ0) is 17.9. The van der Waals surface area contributed by atoms with Crippen LogP contribution in [0.15, 0.2) is 42.5 Å². The smallest absolute Gasteiger partial charge is 0.326 e. The third-order valence-electron chi connectivity index (χ3n) is 4.03. The molecule has 0 saturated heterocycles. The van der Waals surface area contributed by atoms with Gasteiger partial charge in [0.05, 0.1) is 6.04 Å². The van der Waals surface area contributed by atoms with Gasteiger partial charge in [-0.2, -0.15) is 0 Å². The number of carboxylic acid groups (broad SMARTS) is 1. The fourth-order valence-electron chi connectivity index (χ4n) is 2.72. The van der Waals surface area contributed by atoms with Gasteiger partial charge in [0.1, 0.15) is 6.04 Å². The summed E-state index contributed by atoms with van der Waals surface area (Å²) in [4.78, 5) is 23.6. The first-order chi connectivity index (χ1) is 11.2. The van der Waals surface area contributed by atoms with Gasteiger partial charge in [-0.1, -0.05) is 63.2 Å². The molecule has 2 amide bonds. The maximum atomic E-state index is 12.2. The Morgan fingerprint density at radius 3 is 2.25 bits per heavy atom. The molecular weight excluding hydrogens is 304 g/mol. The van der Waals surface area contributed by atoms with Crippen molar-refractivity contribution in [3.63, 3.8) is 0 Å². The second-order valence-corrected chi connectivity index (χ2v) is 7.05. The van der Waals surface area contributed by atoms with Gasteiger partial charge >= 0.3 is 12.0 Å². The lowest BCUT2D eigenvalue weighted by molar-refractivity contribution is -0.141. The number of aliphatic carboxylic acids is 1. The van der Waals surface area contributed by atoms with Crippen LogP contribution >= 0.6 is 0 Å². The summed E-state index contributed by atoms with van der Waals surface area (Å²) in [5.41, 5.74) is 0.414. The van der Waals surface area contributed by atoms with Crippen LogP contribution in [-0.4, -0.2) is 23.1 Å². The average Bonchev–Trinajstić information content (AvgIpc) is 2.50. The van der Waals surface area contributed by atoms with Crippen LogP contribution < -0.4 is 10.6 Å². The van der Waals surface area contributed by atoms with Crippen LogP contribution in [-0.2, 0) is 4.79 Å². The van der Waals surface area contributed by atoms with Gasteiger partial charge in [0.25, 0.3) is 0 Å². The summed E-state index contributed by atoms with van der Waals surface area (Å²) in [6.07, 6.45) is 0. The van der Waals surface area contributed by atoms with Crippen molar-refractivity contribution in [2.75, 3.05) is 0 Å². The molecule has 5 nitrogen and oxygen atoms in total. The van der Waals surface area contributed by atoms with Gasteiger partial charge in [-0.05, 0) is 28.7 Å². The van der Waals surface area contributed by atoms with E-state index in [1.807, 2.05) is 49.4 Å². The highest BCUT2D eigenvalue weighted by Crippen LogP contribution is 2.24. The number of hydrogen-bond acceptors (Lipinski definition) is 2. The Kier molecular flexibility index (Phi) is 5.12. The average molecular weight is 328 g/mol. The van der Waals surface area contributed by atoms with Crippen molar-refractivity contribution >= 4 is 22.8 Å². The lowest BCUT2D eigenvalue weighted by Gasteiger charge is -2.28.